The summed E-state index contributed by atoms with van der Waals surface area (Å²) < 4.78 is 1.14. The Bertz CT molecular complexity index is 481. The van der Waals surface area contributed by atoms with Gasteiger partial charge in [0, 0.05) is 22.0 Å². The van der Waals surface area contributed by atoms with Crippen molar-refractivity contribution in [3.05, 3.63) is 50.4 Å². The van der Waals surface area contributed by atoms with Crippen LogP contribution < -0.4 is 5.73 Å². The summed E-state index contributed by atoms with van der Waals surface area (Å²) in [7, 11) is 0. The maximum Gasteiger partial charge on any atom is 0.0577 e. The van der Waals surface area contributed by atoms with Crippen LogP contribution in [-0.4, -0.2) is 4.98 Å². The van der Waals surface area contributed by atoms with Gasteiger partial charge in [-0.3, -0.25) is 4.98 Å². The topological polar surface area (TPSA) is 38.9 Å². The minimum absolute atomic E-state index is 0.0325. The standard InChI is InChI=1S/C12H13BrN2S/c1-8-2-4-15-11(6-8)10(14)7-12-9(13)3-5-16-12/h2-6,10H,7,14H2,1H3. The lowest BCUT2D eigenvalue weighted by molar-refractivity contribution is 0.701. The molecular formula is C12H13BrN2S. The van der Waals surface area contributed by atoms with E-state index in [0.717, 1.165) is 16.6 Å². The van der Waals surface area contributed by atoms with Gasteiger partial charge in [0.1, 0.15) is 0 Å². The van der Waals surface area contributed by atoms with Crippen molar-refractivity contribution in [1.29, 1.82) is 0 Å². The minimum atomic E-state index is -0.0325. The third-order valence-electron chi connectivity index (χ3n) is 2.41. The van der Waals surface area contributed by atoms with Crippen LogP contribution in [0, 0.1) is 6.92 Å². The first kappa shape index (κ1) is 11.8. The molecule has 0 spiro atoms. The molecule has 2 rings (SSSR count). The van der Waals surface area contributed by atoms with Crippen LogP contribution in [0.4, 0.5) is 0 Å². The molecule has 16 heavy (non-hydrogen) atoms. The fourth-order valence-corrected chi connectivity index (χ4v) is 3.11. The van der Waals surface area contributed by atoms with Gasteiger partial charge in [-0.05, 0) is 52.0 Å². The van der Waals surface area contributed by atoms with E-state index in [2.05, 4.69) is 39.3 Å². The third kappa shape index (κ3) is 2.70. The number of nitrogens with two attached hydrogens (primary N) is 1. The second-order valence-electron chi connectivity index (χ2n) is 3.76. The molecule has 0 fully saturated rings. The average molecular weight is 297 g/mol. The van der Waals surface area contributed by atoms with Crippen molar-refractivity contribution in [2.24, 2.45) is 5.73 Å². The summed E-state index contributed by atoms with van der Waals surface area (Å²) in [5.74, 6) is 0. The van der Waals surface area contributed by atoms with Gasteiger partial charge >= 0.3 is 0 Å². The van der Waals surface area contributed by atoms with E-state index in [1.165, 1.54) is 10.4 Å². The molecular weight excluding hydrogens is 284 g/mol. The predicted molar refractivity (Wildman–Crippen MR) is 71.6 cm³/mol. The normalized spacial score (nSPS) is 12.7. The number of hydrogen-bond donors (Lipinski definition) is 1. The van der Waals surface area contributed by atoms with E-state index in [9.17, 15) is 0 Å². The van der Waals surface area contributed by atoms with Gasteiger partial charge in [-0.15, -0.1) is 11.3 Å². The molecule has 2 aromatic heterocycles. The molecule has 0 aliphatic heterocycles. The van der Waals surface area contributed by atoms with Gasteiger partial charge in [0.15, 0.2) is 0 Å². The molecule has 0 aromatic carbocycles. The molecule has 0 aliphatic rings. The van der Waals surface area contributed by atoms with Gasteiger partial charge in [0.2, 0.25) is 0 Å². The van der Waals surface area contributed by atoms with E-state index in [4.69, 9.17) is 5.73 Å². The van der Waals surface area contributed by atoms with Crippen molar-refractivity contribution in [2.75, 3.05) is 0 Å². The number of thiophene rings is 1. The molecule has 0 saturated heterocycles. The Balaban J connectivity index is 2.14. The zero-order chi connectivity index (χ0) is 11.5. The zero-order valence-electron chi connectivity index (χ0n) is 8.98. The lowest BCUT2D eigenvalue weighted by Gasteiger charge is -2.10. The second kappa shape index (κ2) is 5.08. The molecule has 0 radical (unpaired) electrons. The first-order chi connectivity index (χ1) is 7.66. The van der Waals surface area contributed by atoms with E-state index in [1.54, 1.807) is 11.3 Å². The number of aromatic nitrogens is 1. The van der Waals surface area contributed by atoms with Crippen molar-refractivity contribution >= 4 is 27.3 Å². The van der Waals surface area contributed by atoms with E-state index >= 15 is 0 Å². The molecule has 2 N–H and O–H groups in total. The third-order valence-corrected chi connectivity index (χ3v) is 4.36. The molecule has 1 atom stereocenters. The molecule has 84 valence electrons. The molecule has 1 unspecified atom stereocenters. The Morgan fingerprint density at radius 3 is 2.94 bits per heavy atom. The summed E-state index contributed by atoms with van der Waals surface area (Å²) in [5, 5.41) is 2.07. The van der Waals surface area contributed by atoms with Gasteiger partial charge in [0.05, 0.1) is 11.7 Å². The van der Waals surface area contributed by atoms with Gasteiger partial charge in [-0.25, -0.2) is 0 Å². The van der Waals surface area contributed by atoms with Gasteiger partial charge in [-0.2, -0.15) is 0 Å². The van der Waals surface area contributed by atoms with Crippen LogP contribution in [0.25, 0.3) is 0 Å². The van der Waals surface area contributed by atoms with Crippen LogP contribution in [0.3, 0.4) is 0 Å². The fraction of sp³-hybridized carbons (Fsp3) is 0.250. The molecule has 2 aromatic rings. The number of pyridine rings is 1. The molecule has 0 bridgehead atoms. The highest BCUT2D eigenvalue weighted by molar-refractivity contribution is 9.10. The highest BCUT2D eigenvalue weighted by atomic mass is 79.9. The van der Waals surface area contributed by atoms with Crippen molar-refractivity contribution < 1.29 is 0 Å². The minimum Gasteiger partial charge on any atom is -0.322 e. The fourth-order valence-electron chi connectivity index (χ4n) is 1.54. The van der Waals surface area contributed by atoms with E-state index in [1.807, 2.05) is 18.3 Å². The van der Waals surface area contributed by atoms with Crippen LogP contribution in [-0.2, 0) is 6.42 Å². The van der Waals surface area contributed by atoms with Crippen LogP contribution >= 0.6 is 27.3 Å². The highest BCUT2D eigenvalue weighted by Crippen LogP contribution is 2.26. The Labute approximate surface area is 108 Å². The van der Waals surface area contributed by atoms with Crippen molar-refractivity contribution in [1.82, 2.24) is 4.98 Å². The summed E-state index contributed by atoms with van der Waals surface area (Å²) in [5.41, 5.74) is 8.31. The van der Waals surface area contributed by atoms with Crippen LogP contribution in [0.2, 0.25) is 0 Å². The monoisotopic (exact) mass is 296 g/mol. The smallest absolute Gasteiger partial charge is 0.0577 e. The van der Waals surface area contributed by atoms with E-state index < -0.39 is 0 Å². The van der Waals surface area contributed by atoms with Crippen molar-refractivity contribution in [3.63, 3.8) is 0 Å². The van der Waals surface area contributed by atoms with Crippen LogP contribution in [0.5, 0.6) is 0 Å². The Morgan fingerprint density at radius 1 is 1.50 bits per heavy atom. The summed E-state index contributed by atoms with van der Waals surface area (Å²) in [6, 6.07) is 6.05. The molecule has 4 heteroatoms. The summed E-state index contributed by atoms with van der Waals surface area (Å²) in [6.07, 6.45) is 2.64. The maximum atomic E-state index is 6.15. The zero-order valence-corrected chi connectivity index (χ0v) is 11.4. The highest BCUT2D eigenvalue weighted by Gasteiger charge is 2.11. The average Bonchev–Trinajstić information content (AvgIpc) is 2.64. The summed E-state index contributed by atoms with van der Waals surface area (Å²) in [4.78, 5) is 5.59. The van der Waals surface area contributed by atoms with Gasteiger partial charge < -0.3 is 5.73 Å². The summed E-state index contributed by atoms with van der Waals surface area (Å²) in [6.45, 7) is 2.05. The van der Waals surface area contributed by atoms with Crippen molar-refractivity contribution in [2.45, 2.75) is 19.4 Å². The number of rotatable bonds is 3. The SMILES string of the molecule is Cc1ccnc(C(N)Cc2sccc2Br)c1. The predicted octanol–water partition coefficient (Wildman–Crippen LogP) is 3.46. The van der Waals surface area contributed by atoms with Crippen LogP contribution in [0.15, 0.2) is 34.2 Å². The lowest BCUT2D eigenvalue weighted by atomic mass is 10.1. The second-order valence-corrected chi connectivity index (χ2v) is 5.62. The largest absolute Gasteiger partial charge is 0.322 e. The van der Waals surface area contributed by atoms with E-state index in [0.29, 0.717) is 0 Å². The number of aryl methyl sites for hydroxylation is 1. The quantitative estimate of drug-likeness (QED) is 0.942. The Morgan fingerprint density at radius 2 is 2.31 bits per heavy atom. The summed E-state index contributed by atoms with van der Waals surface area (Å²) >= 11 is 5.24. The van der Waals surface area contributed by atoms with E-state index in [-0.39, 0.29) is 6.04 Å². The lowest BCUT2D eigenvalue weighted by Crippen LogP contribution is -2.14. The molecule has 2 nitrogen and oxygen atoms in total. The Kier molecular flexibility index (Phi) is 3.74. The first-order valence-electron chi connectivity index (χ1n) is 5.07. The molecule has 2 heterocycles. The number of hydrogen-bond acceptors (Lipinski definition) is 3. The Hall–Kier alpha value is -0.710. The number of nitrogens with zero attached hydrogens (tertiary/aromatic N) is 1. The first-order valence-corrected chi connectivity index (χ1v) is 6.74. The van der Waals surface area contributed by atoms with Crippen molar-refractivity contribution in [3.8, 4) is 0 Å². The molecule has 0 amide bonds. The van der Waals surface area contributed by atoms with Gasteiger partial charge in [-0.1, -0.05) is 0 Å². The maximum absolute atomic E-state index is 6.15. The molecule has 0 saturated carbocycles. The molecule has 0 aliphatic carbocycles. The van der Waals surface area contributed by atoms with Crippen LogP contribution in [0.1, 0.15) is 22.2 Å². The number of halogens is 1. The van der Waals surface area contributed by atoms with Gasteiger partial charge in [0.25, 0.3) is 0 Å².